The third-order valence-electron chi connectivity index (χ3n) is 8.84. The van der Waals surface area contributed by atoms with Crippen LogP contribution in [0.5, 0.6) is 23.0 Å². The maximum absolute atomic E-state index is 12.3. The zero-order chi connectivity index (χ0) is 29.7. The number of rotatable bonds is 2. The smallest absolute Gasteiger partial charge is 0.337 e. The van der Waals surface area contributed by atoms with E-state index in [0.717, 1.165) is 88.3 Å². The fourth-order valence-corrected chi connectivity index (χ4v) is 6.97. The largest absolute Gasteiger partial charge is 0.465 e. The quantitative estimate of drug-likeness (QED) is 0.151. The van der Waals surface area contributed by atoms with E-state index in [0.29, 0.717) is 11.1 Å². The molecule has 0 spiro atoms. The number of carbonyl (C=O) groups is 2. The Hall–Kier alpha value is -5.88. The average Bonchev–Trinajstić information content (AvgIpc) is 3.08. The topological polar surface area (TPSA) is 71.1 Å². The van der Waals surface area contributed by atoms with Gasteiger partial charge in [0.1, 0.15) is 23.0 Å². The van der Waals surface area contributed by atoms with Gasteiger partial charge in [-0.25, -0.2) is 9.59 Å². The molecule has 9 rings (SSSR count). The van der Waals surface area contributed by atoms with Gasteiger partial charge in [-0.3, -0.25) is 0 Å². The molecule has 0 saturated carbocycles. The number of ether oxygens (including phenoxy) is 4. The molecular formula is C38H22O6. The Bertz CT molecular complexity index is 2280. The lowest BCUT2D eigenvalue weighted by molar-refractivity contribution is 0.0592. The van der Waals surface area contributed by atoms with Crippen LogP contribution >= 0.6 is 0 Å². The van der Waals surface area contributed by atoms with Crippen molar-refractivity contribution in [1.29, 1.82) is 0 Å². The number of fused-ring (bicyclic) bond motifs is 11. The van der Waals surface area contributed by atoms with Crippen LogP contribution in [0.2, 0.25) is 0 Å². The van der Waals surface area contributed by atoms with Crippen LogP contribution in [0.4, 0.5) is 0 Å². The van der Waals surface area contributed by atoms with Gasteiger partial charge >= 0.3 is 11.9 Å². The van der Waals surface area contributed by atoms with E-state index in [1.54, 1.807) is 12.1 Å². The first-order chi connectivity index (χ1) is 21.6. The van der Waals surface area contributed by atoms with Crippen molar-refractivity contribution in [2.75, 3.05) is 14.2 Å². The molecule has 0 aromatic heterocycles. The lowest BCUT2D eigenvalue weighted by Gasteiger charge is -2.30. The number of carbonyl (C=O) groups excluding carboxylic acids is 2. The highest BCUT2D eigenvalue weighted by Crippen LogP contribution is 2.60. The highest BCUT2D eigenvalue weighted by Gasteiger charge is 2.32. The van der Waals surface area contributed by atoms with Gasteiger partial charge in [0.25, 0.3) is 0 Å². The fraction of sp³-hybridized carbons (Fsp3) is 0.0526. The van der Waals surface area contributed by atoms with Crippen LogP contribution in [-0.4, -0.2) is 26.2 Å². The Morgan fingerprint density at radius 1 is 0.477 bits per heavy atom. The Morgan fingerprint density at radius 2 is 0.909 bits per heavy atom. The van der Waals surface area contributed by atoms with E-state index in [2.05, 4.69) is 24.3 Å². The molecule has 2 aliphatic rings. The van der Waals surface area contributed by atoms with Gasteiger partial charge in [-0.05, 0) is 80.8 Å². The van der Waals surface area contributed by atoms with Gasteiger partial charge in [0.2, 0.25) is 0 Å². The minimum absolute atomic E-state index is 0.378. The van der Waals surface area contributed by atoms with Crippen molar-refractivity contribution in [2.24, 2.45) is 0 Å². The molecule has 0 saturated heterocycles. The van der Waals surface area contributed by atoms with Crippen LogP contribution in [0.3, 0.4) is 0 Å². The number of methoxy groups -OCH3 is 2. The zero-order valence-electron chi connectivity index (χ0n) is 23.7. The fourth-order valence-electron chi connectivity index (χ4n) is 6.97. The van der Waals surface area contributed by atoms with Gasteiger partial charge in [0.15, 0.2) is 0 Å². The minimum Gasteiger partial charge on any atom is -0.465 e. The summed E-state index contributed by atoms with van der Waals surface area (Å²) in [6.07, 6.45) is 0. The molecule has 7 aromatic rings. The highest BCUT2D eigenvalue weighted by atomic mass is 16.5. The number of esters is 2. The van der Waals surface area contributed by atoms with Crippen molar-refractivity contribution in [3.63, 3.8) is 0 Å². The lowest BCUT2D eigenvalue weighted by Crippen LogP contribution is -2.05. The molecule has 2 aliphatic heterocycles. The van der Waals surface area contributed by atoms with Gasteiger partial charge in [-0.2, -0.15) is 0 Å². The molecule has 0 fully saturated rings. The molecule has 0 amide bonds. The van der Waals surface area contributed by atoms with Gasteiger partial charge in [0, 0.05) is 33.0 Å². The van der Waals surface area contributed by atoms with E-state index in [1.165, 1.54) is 14.2 Å². The predicted molar refractivity (Wildman–Crippen MR) is 170 cm³/mol. The first kappa shape index (κ1) is 24.7. The Labute approximate surface area is 250 Å². The van der Waals surface area contributed by atoms with E-state index in [9.17, 15) is 9.59 Å². The molecule has 0 atom stereocenters. The van der Waals surface area contributed by atoms with E-state index < -0.39 is 0 Å². The molecule has 0 aliphatic carbocycles. The number of hydrogen-bond donors (Lipinski definition) is 0. The summed E-state index contributed by atoms with van der Waals surface area (Å²) < 4.78 is 23.2. The molecule has 2 heterocycles. The van der Waals surface area contributed by atoms with Crippen LogP contribution in [-0.2, 0) is 9.47 Å². The van der Waals surface area contributed by atoms with Crippen LogP contribution in [0.1, 0.15) is 20.7 Å². The van der Waals surface area contributed by atoms with Crippen LogP contribution in [0.15, 0.2) is 97.1 Å². The standard InChI is InChI=1S/C38H22O6/c1-41-37(39)21-7-11-23-19(17-21)9-13-27-31(23)33-25-5-3-4-6-26(25)34-32-24-12-8-22(38(40)42-2)18-20(24)10-14-28(32)44-30-16-15-29(43-27)35(33)36(30)34/h3-18H,1-2H3. The van der Waals surface area contributed by atoms with Crippen LogP contribution < -0.4 is 9.47 Å². The summed E-state index contributed by atoms with van der Waals surface area (Å²) in [7, 11) is 2.77. The van der Waals surface area contributed by atoms with Crippen molar-refractivity contribution in [2.45, 2.75) is 0 Å². The van der Waals surface area contributed by atoms with Gasteiger partial charge in [-0.15, -0.1) is 0 Å². The molecule has 0 unspecified atom stereocenters. The van der Waals surface area contributed by atoms with Crippen molar-refractivity contribution < 1.29 is 28.5 Å². The van der Waals surface area contributed by atoms with Gasteiger partial charge in [0.05, 0.1) is 25.3 Å². The summed E-state index contributed by atoms with van der Waals surface area (Å²) in [6, 6.07) is 31.5. The SMILES string of the molecule is COC(=O)c1ccc2c3c(ccc2c1)Oc1ccc2c4c(c5ccccc5c-3c14)-c1c(ccc3cc(C(=O)OC)ccc13)O2. The average molecular weight is 575 g/mol. The third kappa shape index (κ3) is 3.19. The van der Waals surface area contributed by atoms with E-state index in [4.69, 9.17) is 18.9 Å². The maximum atomic E-state index is 12.3. The predicted octanol–water partition coefficient (Wildman–Crippen LogP) is 9.42. The first-order valence-electron chi connectivity index (χ1n) is 14.2. The Balaban J connectivity index is 1.42. The molecule has 6 heteroatoms. The Morgan fingerprint density at radius 3 is 1.34 bits per heavy atom. The number of hydrogen-bond acceptors (Lipinski definition) is 6. The summed E-state index contributed by atoms with van der Waals surface area (Å²) in [5.41, 5.74) is 5.05. The molecule has 0 bridgehead atoms. The van der Waals surface area contributed by atoms with Gasteiger partial charge < -0.3 is 18.9 Å². The van der Waals surface area contributed by atoms with Crippen molar-refractivity contribution in [3.8, 4) is 45.3 Å². The minimum atomic E-state index is -0.378. The normalized spacial score (nSPS) is 12.4. The van der Waals surface area contributed by atoms with E-state index in [-0.39, 0.29) is 11.9 Å². The summed E-state index contributed by atoms with van der Waals surface area (Å²) >= 11 is 0. The summed E-state index contributed by atoms with van der Waals surface area (Å²) in [4.78, 5) is 24.7. The van der Waals surface area contributed by atoms with Crippen LogP contribution in [0, 0.1) is 0 Å². The van der Waals surface area contributed by atoms with Crippen molar-refractivity contribution in [3.05, 3.63) is 108 Å². The van der Waals surface area contributed by atoms with Crippen LogP contribution in [0.25, 0.3) is 65.3 Å². The summed E-state index contributed by atoms with van der Waals surface area (Å²) in [6.45, 7) is 0. The molecule has 210 valence electrons. The lowest BCUT2D eigenvalue weighted by atomic mass is 9.80. The summed E-state index contributed by atoms with van der Waals surface area (Å²) in [5, 5.41) is 7.89. The molecule has 6 nitrogen and oxygen atoms in total. The third-order valence-corrected chi connectivity index (χ3v) is 8.84. The molecule has 0 radical (unpaired) electrons. The van der Waals surface area contributed by atoms with Crippen molar-refractivity contribution >= 4 is 55.0 Å². The highest BCUT2D eigenvalue weighted by molar-refractivity contribution is 6.30. The molecule has 44 heavy (non-hydrogen) atoms. The second-order valence-electron chi connectivity index (χ2n) is 11.0. The zero-order valence-corrected chi connectivity index (χ0v) is 23.7. The van der Waals surface area contributed by atoms with E-state index in [1.807, 2.05) is 60.7 Å². The van der Waals surface area contributed by atoms with E-state index >= 15 is 0 Å². The maximum Gasteiger partial charge on any atom is 0.337 e. The summed E-state index contributed by atoms with van der Waals surface area (Å²) in [5.74, 6) is 2.26. The molecular weight excluding hydrogens is 552 g/mol. The van der Waals surface area contributed by atoms with Crippen molar-refractivity contribution in [1.82, 2.24) is 0 Å². The molecule has 0 N–H and O–H groups in total. The Kier molecular flexibility index (Phi) is 4.95. The van der Waals surface area contributed by atoms with Gasteiger partial charge in [-0.1, -0.05) is 48.5 Å². The second kappa shape index (κ2) is 8.82. The number of benzene rings is 7. The monoisotopic (exact) mass is 574 g/mol. The second-order valence-corrected chi connectivity index (χ2v) is 11.0. The first-order valence-corrected chi connectivity index (χ1v) is 14.2. The molecule has 7 aromatic carbocycles.